The van der Waals surface area contributed by atoms with Crippen molar-refractivity contribution in [2.75, 3.05) is 18.8 Å². The van der Waals surface area contributed by atoms with Crippen molar-refractivity contribution >= 4 is 32.8 Å². The minimum Gasteiger partial charge on any atom is -0.383 e. The molecular formula is C29H31N7O3S. The highest BCUT2D eigenvalue weighted by Crippen LogP contribution is 2.34. The number of hydrogen-bond acceptors (Lipinski definition) is 7. The lowest BCUT2D eigenvalue weighted by Gasteiger charge is -2.32. The van der Waals surface area contributed by atoms with Gasteiger partial charge in [-0.1, -0.05) is 36.9 Å². The molecule has 1 saturated heterocycles. The summed E-state index contributed by atoms with van der Waals surface area (Å²) in [5.41, 5.74) is 11.5. The van der Waals surface area contributed by atoms with Gasteiger partial charge in [-0.3, -0.25) is 4.79 Å². The van der Waals surface area contributed by atoms with Crippen LogP contribution in [0.1, 0.15) is 42.0 Å². The second-order valence-corrected chi connectivity index (χ2v) is 12.1. The normalized spacial score (nSPS) is 17.2. The van der Waals surface area contributed by atoms with E-state index in [0.717, 1.165) is 48.8 Å². The predicted octanol–water partition coefficient (Wildman–Crippen LogP) is 3.39. The topological polar surface area (TPSA) is 136 Å². The van der Waals surface area contributed by atoms with Gasteiger partial charge < -0.3 is 10.6 Å². The second-order valence-electron chi connectivity index (χ2n) is 10.3. The van der Waals surface area contributed by atoms with Crippen LogP contribution < -0.4 is 10.5 Å². The van der Waals surface area contributed by atoms with Crippen molar-refractivity contribution in [1.82, 2.24) is 29.4 Å². The van der Waals surface area contributed by atoms with Gasteiger partial charge in [0.25, 0.3) is 0 Å². The van der Waals surface area contributed by atoms with Crippen LogP contribution in [0, 0.1) is 0 Å². The highest BCUT2D eigenvalue weighted by molar-refractivity contribution is 7.89. The lowest BCUT2D eigenvalue weighted by Crippen LogP contribution is -2.40. The van der Waals surface area contributed by atoms with E-state index in [1.165, 1.54) is 18.0 Å². The maximum Gasteiger partial charge on any atom is 0.246 e. The predicted molar refractivity (Wildman–Crippen MR) is 153 cm³/mol. The first-order valence-corrected chi connectivity index (χ1v) is 14.9. The molecule has 10 nitrogen and oxygen atoms in total. The Morgan fingerprint density at radius 1 is 1.10 bits per heavy atom. The number of aromatic nitrogens is 4. The molecule has 2 aromatic heterocycles. The molecule has 0 saturated carbocycles. The Hall–Kier alpha value is -4.09. The van der Waals surface area contributed by atoms with Crippen LogP contribution in [-0.2, 0) is 34.2 Å². The van der Waals surface area contributed by atoms with Crippen LogP contribution in [0.25, 0.3) is 22.3 Å². The van der Waals surface area contributed by atoms with Crippen molar-refractivity contribution < 1.29 is 13.2 Å². The average Bonchev–Trinajstić information content (AvgIpc) is 3.61. The molecule has 1 amide bonds. The van der Waals surface area contributed by atoms with E-state index in [2.05, 4.69) is 21.3 Å². The fourth-order valence-electron chi connectivity index (χ4n) is 5.69. The van der Waals surface area contributed by atoms with Gasteiger partial charge in [0.1, 0.15) is 17.8 Å². The summed E-state index contributed by atoms with van der Waals surface area (Å²) in [5, 5.41) is 5.56. The average molecular weight is 558 g/mol. The zero-order valence-electron chi connectivity index (χ0n) is 22.1. The molecule has 40 heavy (non-hydrogen) atoms. The summed E-state index contributed by atoms with van der Waals surface area (Å²) in [7, 11) is -3.63. The number of fused-ring (bicyclic) bond motifs is 2. The smallest absolute Gasteiger partial charge is 0.246 e. The molecule has 206 valence electrons. The van der Waals surface area contributed by atoms with Crippen LogP contribution >= 0.6 is 0 Å². The van der Waals surface area contributed by atoms with E-state index in [1.807, 2.05) is 35.0 Å². The summed E-state index contributed by atoms with van der Waals surface area (Å²) in [5.74, 6) is 0.227. The quantitative estimate of drug-likeness (QED) is 0.333. The Balaban J connectivity index is 1.24. The fourth-order valence-corrected chi connectivity index (χ4v) is 6.76. The molecule has 6 rings (SSSR count). The summed E-state index contributed by atoms with van der Waals surface area (Å²) >= 11 is 0. The number of nitrogens with one attached hydrogen (secondary N) is 1. The van der Waals surface area contributed by atoms with E-state index < -0.39 is 10.0 Å². The second kappa shape index (κ2) is 10.5. The molecule has 11 heteroatoms. The zero-order valence-corrected chi connectivity index (χ0v) is 22.9. The Kier molecular flexibility index (Phi) is 6.85. The third kappa shape index (κ3) is 4.86. The third-order valence-electron chi connectivity index (χ3n) is 7.82. The Morgan fingerprint density at radius 3 is 2.70 bits per heavy atom. The van der Waals surface area contributed by atoms with E-state index in [4.69, 9.17) is 10.8 Å². The Labute approximate surface area is 233 Å². The van der Waals surface area contributed by atoms with Crippen LogP contribution in [-0.4, -0.2) is 52.1 Å². The van der Waals surface area contributed by atoms with Crippen LogP contribution in [0.3, 0.4) is 0 Å². The number of benzene rings is 2. The molecule has 0 spiro atoms. The lowest BCUT2D eigenvalue weighted by molar-refractivity contribution is -0.127. The maximum absolute atomic E-state index is 12.9. The van der Waals surface area contributed by atoms with E-state index in [9.17, 15) is 13.2 Å². The SMILES string of the molecule is C=CC(=O)N1CCCC(n2nc(-c3ccc(CNS(=O)(=O)c4ccc5c(c4)CCC5)cc3)c3c(N)ncnc32)C1. The van der Waals surface area contributed by atoms with E-state index in [0.29, 0.717) is 40.5 Å². The summed E-state index contributed by atoms with van der Waals surface area (Å²) in [6, 6.07) is 12.9. The molecule has 1 atom stereocenters. The first kappa shape index (κ1) is 26.1. The van der Waals surface area contributed by atoms with Crippen LogP contribution in [0.2, 0.25) is 0 Å². The third-order valence-corrected chi connectivity index (χ3v) is 9.22. The van der Waals surface area contributed by atoms with Gasteiger partial charge in [-0.15, -0.1) is 0 Å². The summed E-state index contributed by atoms with van der Waals surface area (Å²) in [6.45, 7) is 4.96. The first-order valence-electron chi connectivity index (χ1n) is 13.4. The van der Waals surface area contributed by atoms with E-state index in [-0.39, 0.29) is 18.5 Å². The first-order chi connectivity index (χ1) is 19.3. The molecule has 2 aromatic carbocycles. The largest absolute Gasteiger partial charge is 0.383 e. The van der Waals surface area contributed by atoms with Gasteiger partial charge in [0.05, 0.1) is 16.3 Å². The number of nitrogens with zero attached hydrogens (tertiary/aromatic N) is 5. The van der Waals surface area contributed by atoms with Crippen molar-refractivity contribution in [3.63, 3.8) is 0 Å². The molecule has 0 radical (unpaired) electrons. The Bertz CT molecular complexity index is 1710. The number of nitrogen functional groups attached to an aromatic ring is 1. The minimum absolute atomic E-state index is 0.0592. The number of piperidine rings is 1. The molecule has 3 N–H and O–H groups in total. The molecule has 1 aliphatic carbocycles. The number of rotatable bonds is 7. The number of carbonyl (C=O) groups excluding carboxylic acids is 1. The molecule has 1 aliphatic heterocycles. The van der Waals surface area contributed by atoms with Gasteiger partial charge in [0, 0.05) is 25.2 Å². The van der Waals surface area contributed by atoms with Crippen molar-refractivity contribution in [3.05, 3.63) is 78.1 Å². The van der Waals surface area contributed by atoms with Crippen LogP contribution in [0.15, 0.2) is 66.3 Å². The minimum atomic E-state index is -3.63. The highest BCUT2D eigenvalue weighted by atomic mass is 32.2. The molecule has 0 bridgehead atoms. The molecule has 4 aromatic rings. The van der Waals surface area contributed by atoms with Crippen molar-refractivity contribution in [3.8, 4) is 11.3 Å². The molecule has 1 fully saturated rings. The van der Waals surface area contributed by atoms with E-state index >= 15 is 0 Å². The van der Waals surface area contributed by atoms with Gasteiger partial charge in [-0.25, -0.2) is 27.8 Å². The molecular weight excluding hydrogens is 526 g/mol. The fraction of sp³-hybridized carbons (Fsp3) is 0.310. The van der Waals surface area contributed by atoms with E-state index in [1.54, 1.807) is 17.0 Å². The monoisotopic (exact) mass is 557 g/mol. The van der Waals surface area contributed by atoms with Gasteiger partial charge in [0.2, 0.25) is 15.9 Å². The molecule has 2 aliphatic rings. The van der Waals surface area contributed by atoms with Crippen molar-refractivity contribution in [1.29, 1.82) is 0 Å². The van der Waals surface area contributed by atoms with Crippen LogP contribution in [0.5, 0.6) is 0 Å². The number of nitrogens with two attached hydrogens (primary N) is 1. The van der Waals surface area contributed by atoms with Crippen molar-refractivity contribution in [2.45, 2.75) is 49.6 Å². The Morgan fingerprint density at radius 2 is 1.90 bits per heavy atom. The standard InChI is InChI=1S/C29H31N7O3S/c1-2-25(37)35-14-4-7-23(17-35)36-29-26(28(30)31-18-32-29)27(34-36)21-10-8-19(9-11-21)16-33-40(38,39)24-13-12-20-5-3-6-22(20)15-24/h2,8-13,15,18,23,33H,1,3-7,14,16-17H2,(H2,30,31,32). The summed E-state index contributed by atoms with van der Waals surface area (Å²) in [4.78, 5) is 23.0. The van der Waals surface area contributed by atoms with Gasteiger partial charge in [-0.2, -0.15) is 5.10 Å². The highest BCUT2D eigenvalue weighted by Gasteiger charge is 2.28. The van der Waals surface area contributed by atoms with Crippen molar-refractivity contribution in [2.24, 2.45) is 0 Å². The maximum atomic E-state index is 12.9. The summed E-state index contributed by atoms with van der Waals surface area (Å²) < 4.78 is 30.4. The molecule has 1 unspecified atom stereocenters. The summed E-state index contributed by atoms with van der Waals surface area (Å²) in [6.07, 6.45) is 7.45. The number of sulfonamides is 1. The number of likely N-dealkylation sites (tertiary alicyclic amines) is 1. The molecule has 3 heterocycles. The van der Waals surface area contributed by atoms with Crippen LogP contribution in [0.4, 0.5) is 5.82 Å². The van der Waals surface area contributed by atoms with Gasteiger partial charge >= 0.3 is 0 Å². The number of aryl methyl sites for hydroxylation is 2. The number of amides is 1. The zero-order chi connectivity index (χ0) is 27.9. The number of anilines is 1. The lowest BCUT2D eigenvalue weighted by atomic mass is 10.1. The van der Waals surface area contributed by atoms with Gasteiger partial charge in [0.15, 0.2) is 5.65 Å². The number of carbonyl (C=O) groups is 1. The number of hydrogen-bond donors (Lipinski definition) is 2. The van der Waals surface area contributed by atoms with Gasteiger partial charge in [-0.05, 0) is 67.0 Å².